The van der Waals surface area contributed by atoms with E-state index < -0.39 is 0 Å². The molecule has 0 aliphatic heterocycles. The molecule has 0 fully saturated rings. The van der Waals surface area contributed by atoms with Gasteiger partial charge in [0.05, 0.1) is 11.0 Å². The summed E-state index contributed by atoms with van der Waals surface area (Å²) in [6.07, 6.45) is 14.3. The number of allylic oxidation sites excluding steroid dienone is 8. The lowest BCUT2D eigenvalue weighted by molar-refractivity contribution is 0.481. The summed E-state index contributed by atoms with van der Waals surface area (Å²) in [7, 11) is 0. The lowest BCUT2D eigenvalue weighted by atomic mass is 9.61. The SMILES string of the molecule is CC1(C)C2=CC(c3ccc4sc5c(-c6cccc(-c7nc8ccccc8n7-c7ccccc7)c6)cc(-c6ccc7c8c6CC8(C)C6=C7C=CCC6)cc5c4c3)CC=C2c2ccccc21. The first-order chi connectivity index (χ1) is 31.3. The van der Waals surface area contributed by atoms with Gasteiger partial charge in [-0.1, -0.05) is 142 Å². The predicted octanol–water partition coefficient (Wildman–Crippen LogP) is 16.1. The van der Waals surface area contributed by atoms with Crippen molar-refractivity contribution in [2.24, 2.45) is 0 Å². The number of rotatable bonds is 5. The third-order valence-electron chi connectivity index (χ3n) is 15.7. The Hall–Kier alpha value is -6.81. The van der Waals surface area contributed by atoms with Gasteiger partial charge in [0.25, 0.3) is 0 Å². The Morgan fingerprint density at radius 3 is 2.44 bits per heavy atom. The van der Waals surface area contributed by atoms with Crippen LogP contribution in [0.1, 0.15) is 79.3 Å². The summed E-state index contributed by atoms with van der Waals surface area (Å²) in [4.78, 5) is 5.29. The third kappa shape index (κ3) is 4.99. The summed E-state index contributed by atoms with van der Waals surface area (Å²) in [6, 6.07) is 54.6. The van der Waals surface area contributed by atoms with E-state index in [2.05, 4.69) is 195 Å². The fourth-order valence-corrected chi connectivity index (χ4v) is 13.8. The zero-order valence-electron chi connectivity index (χ0n) is 36.4. The van der Waals surface area contributed by atoms with Gasteiger partial charge < -0.3 is 0 Å². The Bertz CT molecular complexity index is 3660. The number of thiophene rings is 1. The highest BCUT2D eigenvalue weighted by Crippen LogP contribution is 2.61. The quantitative estimate of drug-likeness (QED) is 0.169. The molecule has 2 atom stereocenters. The van der Waals surface area contributed by atoms with Crippen LogP contribution in [0.2, 0.25) is 0 Å². The molecule has 5 aliphatic carbocycles. The van der Waals surface area contributed by atoms with Gasteiger partial charge in [0.2, 0.25) is 0 Å². The van der Waals surface area contributed by atoms with E-state index in [0.29, 0.717) is 5.92 Å². The molecule has 0 saturated carbocycles. The van der Waals surface area contributed by atoms with E-state index in [1.807, 2.05) is 11.3 Å². The Morgan fingerprint density at radius 1 is 0.688 bits per heavy atom. The van der Waals surface area contributed by atoms with Crippen LogP contribution in [0.25, 0.3) is 81.7 Å². The molecule has 0 radical (unpaired) electrons. The maximum absolute atomic E-state index is 5.29. The average Bonchev–Trinajstić information content (AvgIpc) is 4.03. The maximum atomic E-state index is 5.29. The Kier molecular flexibility index (Phi) is 7.52. The normalized spacial score (nSPS) is 20.0. The monoisotopic (exact) mass is 838 g/mol. The van der Waals surface area contributed by atoms with Gasteiger partial charge in [-0.25, -0.2) is 4.98 Å². The van der Waals surface area contributed by atoms with Crippen molar-refractivity contribution in [1.82, 2.24) is 9.55 Å². The van der Waals surface area contributed by atoms with Gasteiger partial charge in [0, 0.05) is 53.7 Å². The topological polar surface area (TPSA) is 17.8 Å². The molecular weight excluding hydrogens is 793 g/mol. The van der Waals surface area contributed by atoms with Crippen molar-refractivity contribution in [3.05, 3.63) is 214 Å². The summed E-state index contributed by atoms with van der Waals surface area (Å²) in [5, 5.41) is 2.70. The molecule has 0 amide bonds. The molecule has 64 heavy (non-hydrogen) atoms. The third-order valence-corrected chi connectivity index (χ3v) is 16.9. The van der Waals surface area contributed by atoms with Gasteiger partial charge in [-0.3, -0.25) is 4.57 Å². The van der Waals surface area contributed by atoms with Gasteiger partial charge >= 0.3 is 0 Å². The number of benzene rings is 7. The van der Waals surface area contributed by atoms with Crippen molar-refractivity contribution in [2.75, 3.05) is 0 Å². The lowest BCUT2D eigenvalue weighted by Gasteiger charge is -2.42. The van der Waals surface area contributed by atoms with Crippen LogP contribution in [-0.2, 0) is 17.3 Å². The van der Waals surface area contributed by atoms with Crippen LogP contribution in [0, 0.1) is 0 Å². The number of hydrogen-bond acceptors (Lipinski definition) is 2. The molecule has 2 aromatic heterocycles. The Labute approximate surface area is 378 Å². The molecule has 14 rings (SSSR count). The van der Waals surface area contributed by atoms with Crippen molar-refractivity contribution in [3.8, 4) is 39.3 Å². The first-order valence-corrected chi connectivity index (χ1v) is 23.9. The molecule has 7 aromatic carbocycles. The fourth-order valence-electron chi connectivity index (χ4n) is 12.6. The Morgan fingerprint density at radius 2 is 1.52 bits per heavy atom. The minimum absolute atomic E-state index is 0.0106. The van der Waals surface area contributed by atoms with Crippen molar-refractivity contribution in [3.63, 3.8) is 0 Å². The van der Waals surface area contributed by atoms with Crippen LogP contribution in [0.4, 0.5) is 0 Å². The number of para-hydroxylation sites is 3. The van der Waals surface area contributed by atoms with Crippen molar-refractivity contribution in [2.45, 2.75) is 63.2 Å². The predicted molar refractivity (Wildman–Crippen MR) is 270 cm³/mol. The summed E-state index contributed by atoms with van der Waals surface area (Å²) in [6.45, 7) is 7.31. The second kappa shape index (κ2) is 13.1. The van der Waals surface area contributed by atoms with E-state index in [1.54, 1.807) is 11.1 Å². The molecule has 2 unspecified atom stereocenters. The molecular formula is C61H46N2S. The van der Waals surface area contributed by atoms with Crippen LogP contribution in [0.5, 0.6) is 0 Å². The molecule has 5 aliphatic rings. The first kappa shape index (κ1) is 36.7. The minimum atomic E-state index is -0.0106. The van der Waals surface area contributed by atoms with Gasteiger partial charge in [0.1, 0.15) is 5.82 Å². The molecule has 2 nitrogen and oxygen atoms in total. The highest BCUT2D eigenvalue weighted by molar-refractivity contribution is 7.26. The van der Waals surface area contributed by atoms with Gasteiger partial charge in [-0.15, -0.1) is 11.3 Å². The van der Waals surface area contributed by atoms with Crippen molar-refractivity contribution < 1.29 is 0 Å². The van der Waals surface area contributed by atoms with Crippen LogP contribution >= 0.6 is 11.3 Å². The smallest absolute Gasteiger partial charge is 0.145 e. The molecule has 0 saturated heterocycles. The first-order valence-electron chi connectivity index (χ1n) is 23.1. The molecule has 306 valence electrons. The molecule has 0 bridgehead atoms. The van der Waals surface area contributed by atoms with Gasteiger partial charge in [-0.05, 0) is 147 Å². The van der Waals surface area contributed by atoms with E-state index in [-0.39, 0.29) is 10.8 Å². The second-order valence-corrected chi connectivity index (χ2v) is 20.6. The summed E-state index contributed by atoms with van der Waals surface area (Å²) < 4.78 is 4.99. The van der Waals surface area contributed by atoms with Crippen molar-refractivity contribution >= 4 is 53.7 Å². The molecule has 3 heteroatoms. The zero-order valence-corrected chi connectivity index (χ0v) is 37.2. The van der Waals surface area contributed by atoms with Crippen LogP contribution in [-0.4, -0.2) is 9.55 Å². The van der Waals surface area contributed by atoms with Gasteiger partial charge in [-0.2, -0.15) is 0 Å². The molecule has 0 spiro atoms. The molecule has 0 N–H and O–H groups in total. The van der Waals surface area contributed by atoms with Gasteiger partial charge in [0.15, 0.2) is 0 Å². The van der Waals surface area contributed by atoms with E-state index in [4.69, 9.17) is 4.98 Å². The number of imidazole rings is 1. The second-order valence-electron chi connectivity index (χ2n) is 19.5. The summed E-state index contributed by atoms with van der Waals surface area (Å²) in [5.74, 6) is 1.28. The number of hydrogen-bond donors (Lipinski definition) is 0. The van der Waals surface area contributed by atoms with E-state index >= 15 is 0 Å². The largest absolute Gasteiger partial charge is 0.292 e. The zero-order chi connectivity index (χ0) is 42.5. The molecule has 2 heterocycles. The number of nitrogens with zero attached hydrogens (tertiary/aromatic N) is 2. The fraction of sp³-hybridized carbons (Fsp3) is 0.164. The summed E-state index contributed by atoms with van der Waals surface area (Å²) >= 11 is 1.94. The Balaban J connectivity index is 0.954. The molecule has 9 aromatic rings. The van der Waals surface area contributed by atoms with Crippen LogP contribution < -0.4 is 0 Å². The summed E-state index contributed by atoms with van der Waals surface area (Å²) in [5.41, 5.74) is 24.6. The van der Waals surface area contributed by atoms with Crippen LogP contribution in [0.3, 0.4) is 0 Å². The number of fused-ring (bicyclic) bond motifs is 9. The minimum Gasteiger partial charge on any atom is -0.292 e. The maximum Gasteiger partial charge on any atom is 0.145 e. The van der Waals surface area contributed by atoms with Crippen molar-refractivity contribution in [1.29, 1.82) is 0 Å². The highest BCUT2D eigenvalue weighted by Gasteiger charge is 2.50. The standard InChI is InChI=1S/C61H46N2S/c1-60(2)51-20-9-7-18-43(51)45-26-24-37(34-53(45)60)36-25-29-56-48(31-36)49-33-40(42-27-28-46-44-19-8-10-21-52(44)61(3)35-50(42)57(46)61)32-47(58(49)64-56)38-14-13-15-39(30-38)59-62-54-22-11-12-23-55(54)63(59)41-16-5-4-6-17-41/h4-9,11-20,22-23,25-34,37H,10,21,24,35H2,1-3H3. The van der Waals surface area contributed by atoms with E-state index in [1.165, 1.54) is 93.4 Å². The van der Waals surface area contributed by atoms with E-state index in [0.717, 1.165) is 47.4 Å². The lowest BCUT2D eigenvalue weighted by Crippen LogP contribution is -2.36. The number of aromatic nitrogens is 2. The van der Waals surface area contributed by atoms with Crippen LogP contribution in [0.15, 0.2) is 181 Å². The highest BCUT2D eigenvalue weighted by atomic mass is 32.1. The average molecular weight is 839 g/mol. The van der Waals surface area contributed by atoms with E-state index in [9.17, 15) is 0 Å².